The van der Waals surface area contributed by atoms with Crippen molar-refractivity contribution in [3.8, 4) is 11.5 Å². The molecule has 0 spiro atoms. The Labute approximate surface area is 220 Å². The van der Waals surface area contributed by atoms with Crippen LogP contribution in [0.2, 0.25) is 0 Å². The van der Waals surface area contributed by atoms with E-state index in [1.807, 2.05) is 78.6 Å². The summed E-state index contributed by atoms with van der Waals surface area (Å²) in [5, 5.41) is 6.37. The summed E-state index contributed by atoms with van der Waals surface area (Å²) in [7, 11) is 0. The van der Waals surface area contributed by atoms with Gasteiger partial charge in [-0.3, -0.25) is 9.59 Å². The quantitative estimate of drug-likeness (QED) is 0.407. The highest BCUT2D eigenvalue weighted by Crippen LogP contribution is 2.29. The molecule has 1 atom stereocenters. The molecule has 2 amide bonds. The van der Waals surface area contributed by atoms with Crippen molar-refractivity contribution in [2.24, 2.45) is 0 Å². The second-order valence-electron chi connectivity index (χ2n) is 9.41. The van der Waals surface area contributed by atoms with Crippen molar-refractivity contribution in [2.75, 3.05) is 26.2 Å². The van der Waals surface area contributed by atoms with Crippen LogP contribution in [0.15, 0.2) is 78.9 Å². The van der Waals surface area contributed by atoms with E-state index in [0.29, 0.717) is 32.2 Å². The molecule has 6 nitrogen and oxygen atoms in total. The van der Waals surface area contributed by atoms with Gasteiger partial charge in [-0.1, -0.05) is 73.7 Å². The lowest BCUT2D eigenvalue weighted by Gasteiger charge is -2.36. The number of carbonyl (C=O) groups excluding carboxylic acids is 2. The first-order valence-corrected chi connectivity index (χ1v) is 13.3. The Bertz CT molecular complexity index is 1170. The summed E-state index contributed by atoms with van der Waals surface area (Å²) in [5.41, 5.74) is 3.30. The van der Waals surface area contributed by atoms with Gasteiger partial charge in [0, 0.05) is 45.1 Å². The second-order valence-corrected chi connectivity index (χ2v) is 9.41. The molecule has 0 aromatic heterocycles. The van der Waals surface area contributed by atoms with Crippen LogP contribution in [0, 0.1) is 0 Å². The Morgan fingerprint density at radius 1 is 0.919 bits per heavy atom. The fourth-order valence-corrected chi connectivity index (χ4v) is 4.74. The number of ether oxygens (including phenoxy) is 1. The fraction of sp³-hybridized carbons (Fsp3) is 0.355. The topological polar surface area (TPSA) is 70.7 Å². The smallest absolute Gasteiger partial charge is 0.223 e. The lowest BCUT2D eigenvalue weighted by molar-refractivity contribution is -0.134. The van der Waals surface area contributed by atoms with Gasteiger partial charge in [0.2, 0.25) is 11.8 Å². The number of nitrogens with one attached hydrogen (secondary N) is 2. The Balaban J connectivity index is 1.39. The molecule has 0 unspecified atom stereocenters. The molecule has 6 heteroatoms. The molecule has 1 fully saturated rings. The van der Waals surface area contributed by atoms with Crippen molar-refractivity contribution in [1.29, 1.82) is 0 Å². The first-order valence-electron chi connectivity index (χ1n) is 13.3. The van der Waals surface area contributed by atoms with Gasteiger partial charge in [-0.25, -0.2) is 0 Å². The van der Waals surface area contributed by atoms with Crippen molar-refractivity contribution >= 4 is 11.8 Å². The molecule has 1 saturated heterocycles. The zero-order valence-electron chi connectivity index (χ0n) is 21.6. The van der Waals surface area contributed by atoms with E-state index in [-0.39, 0.29) is 17.9 Å². The van der Waals surface area contributed by atoms with Gasteiger partial charge in [0.1, 0.15) is 11.5 Å². The molecule has 194 valence electrons. The van der Waals surface area contributed by atoms with Crippen LogP contribution < -0.4 is 15.4 Å². The summed E-state index contributed by atoms with van der Waals surface area (Å²) < 4.78 is 6.35. The van der Waals surface area contributed by atoms with Crippen LogP contribution in [0.1, 0.15) is 36.5 Å². The number of carbonyl (C=O) groups is 2. The van der Waals surface area contributed by atoms with Gasteiger partial charge in [-0.05, 0) is 48.1 Å². The number of rotatable bonds is 11. The van der Waals surface area contributed by atoms with Crippen LogP contribution >= 0.6 is 0 Å². The van der Waals surface area contributed by atoms with Crippen molar-refractivity contribution in [3.05, 3.63) is 95.6 Å². The molecule has 3 aromatic carbocycles. The van der Waals surface area contributed by atoms with Crippen molar-refractivity contribution in [2.45, 2.75) is 45.1 Å². The number of nitrogens with zero attached hydrogens (tertiary/aromatic N) is 1. The van der Waals surface area contributed by atoms with Gasteiger partial charge in [0.05, 0.1) is 0 Å². The maximum Gasteiger partial charge on any atom is 0.223 e. The molecule has 2 N–H and O–H groups in total. The minimum absolute atomic E-state index is 0.0453. The second kappa shape index (κ2) is 13.6. The third kappa shape index (κ3) is 7.67. The number of amides is 2. The van der Waals surface area contributed by atoms with E-state index >= 15 is 0 Å². The van der Waals surface area contributed by atoms with Gasteiger partial charge in [-0.2, -0.15) is 0 Å². The Kier molecular flexibility index (Phi) is 9.72. The van der Waals surface area contributed by atoms with Gasteiger partial charge in [0.15, 0.2) is 0 Å². The summed E-state index contributed by atoms with van der Waals surface area (Å²) in [6, 6.07) is 26.4. The van der Waals surface area contributed by atoms with E-state index < -0.39 is 0 Å². The molecule has 37 heavy (non-hydrogen) atoms. The van der Waals surface area contributed by atoms with E-state index in [4.69, 9.17) is 4.74 Å². The van der Waals surface area contributed by atoms with Crippen molar-refractivity contribution < 1.29 is 14.3 Å². The predicted octanol–water partition coefficient (Wildman–Crippen LogP) is 4.52. The zero-order valence-corrected chi connectivity index (χ0v) is 21.6. The summed E-state index contributed by atoms with van der Waals surface area (Å²) >= 11 is 0. The molecule has 0 saturated carbocycles. The molecule has 0 radical (unpaired) electrons. The van der Waals surface area contributed by atoms with Gasteiger partial charge >= 0.3 is 0 Å². The normalized spacial score (nSPS) is 15.3. The number of hydrogen-bond acceptors (Lipinski definition) is 4. The number of aryl methyl sites for hydroxylation is 1. The molecule has 0 aliphatic carbocycles. The minimum Gasteiger partial charge on any atom is -0.457 e. The van der Waals surface area contributed by atoms with E-state index in [0.717, 1.165) is 48.7 Å². The number of piperazine rings is 1. The van der Waals surface area contributed by atoms with E-state index in [9.17, 15) is 9.59 Å². The molecule has 1 aliphatic rings. The van der Waals surface area contributed by atoms with Crippen LogP contribution in [0.25, 0.3) is 0 Å². The summed E-state index contributed by atoms with van der Waals surface area (Å²) in [6.45, 7) is 4.79. The van der Waals surface area contributed by atoms with Crippen LogP contribution in [-0.2, 0) is 28.9 Å². The zero-order chi connectivity index (χ0) is 25.9. The summed E-state index contributed by atoms with van der Waals surface area (Å²) in [4.78, 5) is 27.0. The highest BCUT2D eigenvalue weighted by atomic mass is 16.5. The van der Waals surface area contributed by atoms with Crippen LogP contribution in [-0.4, -0.2) is 48.9 Å². The van der Waals surface area contributed by atoms with E-state index in [1.54, 1.807) is 0 Å². The van der Waals surface area contributed by atoms with Crippen LogP contribution in [0.5, 0.6) is 11.5 Å². The molecule has 1 heterocycles. The number of hydrogen-bond donors (Lipinski definition) is 2. The van der Waals surface area contributed by atoms with Gasteiger partial charge < -0.3 is 20.3 Å². The monoisotopic (exact) mass is 499 g/mol. The first-order chi connectivity index (χ1) is 18.1. The number of para-hydroxylation sites is 2. The van der Waals surface area contributed by atoms with Gasteiger partial charge in [0.25, 0.3) is 0 Å². The summed E-state index contributed by atoms with van der Waals surface area (Å²) in [6.07, 6.45) is 3.08. The van der Waals surface area contributed by atoms with Gasteiger partial charge in [-0.15, -0.1) is 0 Å². The Morgan fingerprint density at radius 2 is 1.57 bits per heavy atom. The van der Waals surface area contributed by atoms with Crippen LogP contribution in [0.4, 0.5) is 0 Å². The predicted molar refractivity (Wildman–Crippen MR) is 147 cm³/mol. The highest BCUT2D eigenvalue weighted by Gasteiger charge is 2.26. The maximum atomic E-state index is 13.3. The van der Waals surface area contributed by atoms with Crippen molar-refractivity contribution in [3.63, 3.8) is 0 Å². The lowest BCUT2D eigenvalue weighted by atomic mass is 10.0. The fourth-order valence-electron chi connectivity index (χ4n) is 4.74. The Hall–Kier alpha value is -3.64. The largest absolute Gasteiger partial charge is 0.457 e. The molecule has 0 bridgehead atoms. The first kappa shape index (κ1) is 26.4. The minimum atomic E-state index is 0.0453. The molecule has 4 rings (SSSR count). The third-order valence-corrected chi connectivity index (χ3v) is 6.80. The van der Waals surface area contributed by atoms with Crippen molar-refractivity contribution in [1.82, 2.24) is 15.5 Å². The third-order valence-electron chi connectivity index (χ3n) is 6.80. The average Bonchev–Trinajstić information content (AvgIpc) is 2.94. The average molecular weight is 500 g/mol. The standard InChI is InChI=1S/C31H37N3O3/c1-2-30(35)33-19-18-26-13-7-9-15-29(26)37-28-14-8-6-12-25(28)16-17-31(36)34-21-20-32-23-27(34)22-24-10-4-3-5-11-24/h3-15,27,32H,2,16-23H2,1H3,(H,33,35)/t27-/m1/s1. The van der Waals surface area contributed by atoms with E-state index in [2.05, 4.69) is 22.8 Å². The maximum absolute atomic E-state index is 13.3. The molecule has 3 aromatic rings. The SMILES string of the molecule is CCC(=O)NCCc1ccccc1Oc1ccccc1CCC(=O)N1CCNC[C@H]1Cc1ccccc1. The molecular weight excluding hydrogens is 462 g/mol. The van der Waals surface area contributed by atoms with E-state index in [1.165, 1.54) is 5.56 Å². The highest BCUT2D eigenvalue weighted by molar-refractivity contribution is 5.77. The lowest BCUT2D eigenvalue weighted by Crippen LogP contribution is -2.54. The van der Waals surface area contributed by atoms with Crippen LogP contribution in [0.3, 0.4) is 0 Å². The number of benzene rings is 3. The summed E-state index contributed by atoms with van der Waals surface area (Å²) in [5.74, 6) is 1.77. The molecule has 1 aliphatic heterocycles. The Morgan fingerprint density at radius 3 is 2.27 bits per heavy atom. The molecular formula is C31H37N3O3.